The Kier molecular flexibility index (Phi) is 9.14. The van der Waals surface area contributed by atoms with E-state index in [0.717, 1.165) is 16.7 Å². The first kappa shape index (κ1) is 30.4. The second-order valence-corrected chi connectivity index (χ2v) is 12.1. The summed E-state index contributed by atoms with van der Waals surface area (Å²) in [7, 11) is 0. The van der Waals surface area contributed by atoms with Crippen LogP contribution in [0, 0.1) is 25.7 Å². The van der Waals surface area contributed by atoms with Crippen LogP contribution < -0.4 is 5.32 Å². The number of rotatable bonds is 6. The number of anilines is 1. The van der Waals surface area contributed by atoms with Crippen molar-refractivity contribution in [1.82, 2.24) is 9.80 Å². The fourth-order valence-corrected chi connectivity index (χ4v) is 6.80. The molecule has 0 spiro atoms. The fraction of sp³-hybridized carbons (Fsp3) is 0.455. The smallest absolute Gasteiger partial charge is 0.334 e. The summed E-state index contributed by atoms with van der Waals surface area (Å²) in [5.74, 6) is -0.904. The molecule has 2 aromatic rings. The first-order chi connectivity index (χ1) is 20.0. The molecular formula is C33H37ClF3N3O2. The maximum absolute atomic E-state index is 13.9. The highest BCUT2D eigenvalue weighted by Gasteiger charge is 2.46. The number of piperidine rings is 1. The zero-order valence-electron chi connectivity index (χ0n) is 24.0. The molecular weight excluding hydrogens is 563 g/mol. The van der Waals surface area contributed by atoms with E-state index >= 15 is 0 Å². The van der Waals surface area contributed by atoms with Crippen molar-refractivity contribution in [2.75, 3.05) is 25.0 Å². The number of carbonyl (C=O) groups is 2. The number of allylic oxidation sites excluding steroid dienone is 1. The number of benzene rings is 2. The van der Waals surface area contributed by atoms with Gasteiger partial charge < -0.3 is 10.2 Å². The molecule has 42 heavy (non-hydrogen) atoms. The molecule has 5 rings (SSSR count). The van der Waals surface area contributed by atoms with E-state index in [0.29, 0.717) is 55.0 Å². The normalized spacial score (nSPS) is 24.9. The number of likely N-dealkylation sites (tertiary alicyclic amines) is 2. The van der Waals surface area contributed by atoms with Crippen LogP contribution in [0.2, 0.25) is 5.02 Å². The number of nitrogens with one attached hydrogen (secondary N) is 1. The third-order valence-corrected chi connectivity index (χ3v) is 9.28. The van der Waals surface area contributed by atoms with Crippen LogP contribution >= 0.6 is 11.6 Å². The van der Waals surface area contributed by atoms with Gasteiger partial charge in [0.25, 0.3) is 5.91 Å². The van der Waals surface area contributed by atoms with Crippen molar-refractivity contribution in [3.63, 3.8) is 0 Å². The van der Waals surface area contributed by atoms with E-state index in [-0.39, 0.29) is 30.7 Å². The van der Waals surface area contributed by atoms with Gasteiger partial charge in [0.2, 0.25) is 5.91 Å². The number of nitrogens with zero attached hydrogens (tertiary/aromatic N) is 2. The molecule has 5 nitrogen and oxygen atoms in total. The number of carbonyl (C=O) groups excluding carboxylic acids is 2. The molecule has 2 aliphatic heterocycles. The average Bonchev–Trinajstić information content (AvgIpc) is 3.44. The summed E-state index contributed by atoms with van der Waals surface area (Å²) in [6.45, 7) is 4.98. The molecule has 9 heteroatoms. The molecule has 0 radical (unpaired) electrons. The molecule has 2 fully saturated rings. The number of hydrogen-bond donors (Lipinski definition) is 1. The molecule has 0 saturated carbocycles. The number of aryl methyl sites for hydroxylation is 2. The minimum atomic E-state index is -4.24. The number of alkyl halides is 3. The zero-order chi connectivity index (χ0) is 30.0. The maximum Gasteiger partial charge on any atom is 0.404 e. The summed E-state index contributed by atoms with van der Waals surface area (Å²) >= 11 is 6.30. The van der Waals surface area contributed by atoms with E-state index in [9.17, 15) is 22.8 Å². The zero-order valence-corrected chi connectivity index (χ0v) is 24.7. The van der Waals surface area contributed by atoms with Crippen LogP contribution in [0.3, 0.4) is 0 Å². The second kappa shape index (κ2) is 12.6. The fourth-order valence-electron chi connectivity index (χ4n) is 6.62. The van der Waals surface area contributed by atoms with Crippen LogP contribution in [0.5, 0.6) is 0 Å². The number of halogens is 4. The Morgan fingerprint density at radius 2 is 1.79 bits per heavy atom. The molecule has 0 bridgehead atoms. The maximum atomic E-state index is 13.9. The molecule has 1 aliphatic carbocycles. The molecule has 2 saturated heterocycles. The quantitative estimate of drug-likeness (QED) is 0.378. The minimum absolute atomic E-state index is 0.109. The van der Waals surface area contributed by atoms with Gasteiger partial charge in [-0.25, -0.2) is 0 Å². The first-order valence-electron chi connectivity index (χ1n) is 14.6. The summed E-state index contributed by atoms with van der Waals surface area (Å²) in [6, 6.07) is 11.0. The molecule has 2 amide bonds. The summed E-state index contributed by atoms with van der Waals surface area (Å²) in [5, 5.41) is 3.58. The Labute approximate surface area is 250 Å². The van der Waals surface area contributed by atoms with Gasteiger partial charge in [-0.15, -0.1) is 0 Å². The second-order valence-electron chi connectivity index (χ2n) is 11.7. The first-order valence-corrected chi connectivity index (χ1v) is 15.0. The Bertz CT molecular complexity index is 1390. The average molecular weight is 600 g/mol. The van der Waals surface area contributed by atoms with E-state index in [4.69, 9.17) is 11.6 Å². The lowest BCUT2D eigenvalue weighted by Crippen LogP contribution is -2.55. The van der Waals surface area contributed by atoms with E-state index in [1.807, 2.05) is 73.4 Å². The van der Waals surface area contributed by atoms with Gasteiger partial charge in [0.1, 0.15) is 6.04 Å². The molecule has 2 heterocycles. The highest BCUT2D eigenvalue weighted by atomic mass is 35.5. The highest BCUT2D eigenvalue weighted by Crippen LogP contribution is 2.37. The van der Waals surface area contributed by atoms with Gasteiger partial charge >= 0.3 is 6.18 Å². The van der Waals surface area contributed by atoms with Crippen molar-refractivity contribution in [1.29, 1.82) is 0 Å². The highest BCUT2D eigenvalue weighted by molar-refractivity contribution is 6.31. The van der Waals surface area contributed by atoms with Crippen LogP contribution in [-0.4, -0.2) is 59.5 Å². The van der Waals surface area contributed by atoms with E-state index in [2.05, 4.69) is 5.32 Å². The van der Waals surface area contributed by atoms with Crippen LogP contribution in [0.25, 0.3) is 0 Å². The predicted molar refractivity (Wildman–Crippen MR) is 160 cm³/mol. The Morgan fingerprint density at radius 3 is 2.48 bits per heavy atom. The van der Waals surface area contributed by atoms with E-state index in [1.54, 1.807) is 6.07 Å². The summed E-state index contributed by atoms with van der Waals surface area (Å²) in [6.07, 6.45) is 4.13. The molecule has 0 aromatic heterocycles. The van der Waals surface area contributed by atoms with Gasteiger partial charge in [0.15, 0.2) is 0 Å². The lowest BCUT2D eigenvalue weighted by Gasteiger charge is -2.44. The molecule has 1 unspecified atom stereocenters. The summed E-state index contributed by atoms with van der Waals surface area (Å²) in [4.78, 5) is 31.0. The Balaban J connectivity index is 1.39. The molecule has 2 aromatic carbocycles. The molecule has 3 aliphatic rings. The van der Waals surface area contributed by atoms with Crippen molar-refractivity contribution >= 4 is 29.1 Å². The van der Waals surface area contributed by atoms with Gasteiger partial charge in [-0.2, -0.15) is 13.2 Å². The Morgan fingerprint density at radius 1 is 1.02 bits per heavy atom. The standard InChI is InChI=1S/C33H37ClF3N3O2/c1-21-7-3-4-8-26(21)32(42)40-18-5-9-27(31(41)38-25-16-11-22(2)28(34)19-25)30(40)24-14-12-23(13-15-24)20-39-17-6-10-29(39)33(35,36)37/h3-4,7-8,11-14,16,19,24,27,29-30H,5-6,9-10,15,17-18,20H2,1-2H3,(H,38,41)/t24?,27-,29+,30-/m0/s1. The SMILES string of the molecule is Cc1ccc(NC(=O)[C@H]2CCCN(C(=O)c3ccccc3C)[C@H]2C2C=CC(CN3CCC[C@@H]3C(F)(F)F)=CC2)cc1Cl. The van der Waals surface area contributed by atoms with Crippen molar-refractivity contribution in [2.24, 2.45) is 11.8 Å². The van der Waals surface area contributed by atoms with Crippen molar-refractivity contribution < 1.29 is 22.8 Å². The Hall–Kier alpha value is -3.10. The van der Waals surface area contributed by atoms with Gasteiger partial charge in [-0.05, 0) is 87.4 Å². The third-order valence-electron chi connectivity index (χ3n) is 8.87. The molecule has 224 valence electrons. The lowest BCUT2D eigenvalue weighted by atomic mass is 9.77. The topological polar surface area (TPSA) is 52.7 Å². The number of amides is 2. The number of hydrogen-bond acceptors (Lipinski definition) is 3. The van der Waals surface area contributed by atoms with Gasteiger partial charge in [-0.3, -0.25) is 14.5 Å². The van der Waals surface area contributed by atoms with Gasteiger partial charge in [-0.1, -0.05) is 54.1 Å². The molecule has 1 N–H and O–H groups in total. The van der Waals surface area contributed by atoms with Gasteiger partial charge in [0, 0.05) is 35.3 Å². The van der Waals surface area contributed by atoms with Crippen molar-refractivity contribution in [2.45, 2.75) is 64.2 Å². The largest absolute Gasteiger partial charge is 0.404 e. The minimum Gasteiger partial charge on any atom is -0.334 e. The summed E-state index contributed by atoms with van der Waals surface area (Å²) < 4.78 is 40.5. The van der Waals surface area contributed by atoms with E-state index < -0.39 is 24.2 Å². The van der Waals surface area contributed by atoms with Gasteiger partial charge in [0.05, 0.1) is 12.0 Å². The van der Waals surface area contributed by atoms with Crippen LogP contribution in [0.15, 0.2) is 66.3 Å². The van der Waals surface area contributed by atoms with Crippen molar-refractivity contribution in [3.8, 4) is 0 Å². The third kappa shape index (κ3) is 6.60. The monoisotopic (exact) mass is 599 g/mol. The summed E-state index contributed by atoms with van der Waals surface area (Å²) in [5.41, 5.74) is 3.82. The molecule has 4 atom stereocenters. The van der Waals surface area contributed by atoms with Crippen LogP contribution in [0.4, 0.5) is 18.9 Å². The van der Waals surface area contributed by atoms with Crippen LogP contribution in [0.1, 0.15) is 53.6 Å². The van der Waals surface area contributed by atoms with Crippen molar-refractivity contribution in [3.05, 3.63) is 88.0 Å². The lowest BCUT2D eigenvalue weighted by molar-refractivity contribution is -0.174. The van der Waals surface area contributed by atoms with E-state index in [1.165, 1.54) is 4.90 Å². The predicted octanol–water partition coefficient (Wildman–Crippen LogP) is 7.35. The van der Waals surface area contributed by atoms with Crippen LogP contribution in [-0.2, 0) is 4.79 Å².